The molecule has 2 aromatic rings. The van der Waals surface area contributed by atoms with Crippen LogP contribution in [-0.4, -0.2) is 30.8 Å². The molecule has 0 saturated carbocycles. The van der Waals surface area contributed by atoms with E-state index in [2.05, 4.69) is 21.5 Å². The van der Waals surface area contributed by atoms with Crippen molar-refractivity contribution in [2.24, 2.45) is 0 Å². The SMILES string of the molecule is Cc1ccc(NCC(=O)NNC(=O)CCNC(=O)c2ccsc2)c(C)c1. The Morgan fingerprint density at radius 2 is 1.81 bits per heavy atom. The van der Waals surface area contributed by atoms with Crippen molar-refractivity contribution in [3.05, 3.63) is 51.7 Å². The van der Waals surface area contributed by atoms with Crippen LogP contribution in [0.3, 0.4) is 0 Å². The Labute approximate surface area is 156 Å². The Morgan fingerprint density at radius 3 is 2.50 bits per heavy atom. The molecule has 7 nitrogen and oxygen atoms in total. The fraction of sp³-hybridized carbons (Fsp3) is 0.278. The average Bonchev–Trinajstić information content (AvgIpc) is 3.14. The second-order valence-electron chi connectivity index (χ2n) is 5.79. The second kappa shape index (κ2) is 9.57. The monoisotopic (exact) mass is 374 g/mol. The second-order valence-corrected chi connectivity index (χ2v) is 6.57. The number of hydrogen-bond acceptors (Lipinski definition) is 5. The molecular weight excluding hydrogens is 352 g/mol. The average molecular weight is 374 g/mol. The van der Waals surface area contributed by atoms with Crippen molar-refractivity contribution in [2.45, 2.75) is 20.3 Å². The molecule has 0 bridgehead atoms. The topological polar surface area (TPSA) is 99.3 Å². The van der Waals surface area contributed by atoms with E-state index >= 15 is 0 Å². The van der Waals surface area contributed by atoms with Crippen LogP contribution >= 0.6 is 11.3 Å². The van der Waals surface area contributed by atoms with Crippen LogP contribution in [-0.2, 0) is 9.59 Å². The van der Waals surface area contributed by atoms with Gasteiger partial charge in [-0.1, -0.05) is 17.7 Å². The van der Waals surface area contributed by atoms with Gasteiger partial charge in [-0.05, 0) is 36.9 Å². The number of nitrogens with one attached hydrogen (secondary N) is 4. The van der Waals surface area contributed by atoms with Gasteiger partial charge in [0.05, 0.1) is 6.54 Å². The van der Waals surface area contributed by atoms with E-state index in [4.69, 9.17) is 0 Å². The molecule has 0 aliphatic heterocycles. The summed E-state index contributed by atoms with van der Waals surface area (Å²) in [5.41, 5.74) is 8.29. The lowest BCUT2D eigenvalue weighted by Crippen LogP contribution is -2.45. The van der Waals surface area contributed by atoms with E-state index < -0.39 is 0 Å². The number of carbonyl (C=O) groups is 3. The number of aryl methyl sites for hydroxylation is 2. The highest BCUT2D eigenvalue weighted by atomic mass is 32.1. The predicted molar refractivity (Wildman–Crippen MR) is 102 cm³/mol. The zero-order valence-corrected chi connectivity index (χ0v) is 15.5. The Balaban J connectivity index is 1.62. The highest BCUT2D eigenvalue weighted by molar-refractivity contribution is 7.08. The Kier molecular flexibility index (Phi) is 7.16. The third-order valence-corrected chi connectivity index (χ3v) is 4.27. The number of anilines is 1. The lowest BCUT2D eigenvalue weighted by molar-refractivity contribution is -0.127. The molecule has 0 aliphatic carbocycles. The molecule has 1 heterocycles. The molecule has 2 rings (SSSR count). The Morgan fingerprint density at radius 1 is 1.04 bits per heavy atom. The first-order chi connectivity index (χ1) is 12.5. The van der Waals surface area contributed by atoms with Crippen molar-refractivity contribution < 1.29 is 14.4 Å². The normalized spacial score (nSPS) is 10.1. The van der Waals surface area contributed by atoms with Gasteiger partial charge in [-0.2, -0.15) is 11.3 Å². The first kappa shape index (κ1) is 19.5. The van der Waals surface area contributed by atoms with Crippen molar-refractivity contribution in [3.63, 3.8) is 0 Å². The lowest BCUT2D eigenvalue weighted by atomic mass is 10.1. The quantitative estimate of drug-likeness (QED) is 0.555. The molecule has 0 aliphatic rings. The minimum absolute atomic E-state index is 0.0407. The summed E-state index contributed by atoms with van der Waals surface area (Å²) in [6, 6.07) is 7.60. The highest BCUT2D eigenvalue weighted by Gasteiger charge is 2.08. The number of thiophene rings is 1. The molecule has 8 heteroatoms. The molecule has 4 N–H and O–H groups in total. The molecule has 0 radical (unpaired) electrons. The van der Waals surface area contributed by atoms with Gasteiger partial charge in [0.1, 0.15) is 0 Å². The third-order valence-electron chi connectivity index (χ3n) is 3.58. The van der Waals surface area contributed by atoms with Crippen LogP contribution in [0.4, 0.5) is 5.69 Å². The van der Waals surface area contributed by atoms with Crippen LogP contribution in [0.25, 0.3) is 0 Å². The summed E-state index contributed by atoms with van der Waals surface area (Å²) in [7, 11) is 0. The Hall–Kier alpha value is -2.87. The van der Waals surface area contributed by atoms with Gasteiger partial charge in [-0.3, -0.25) is 25.2 Å². The summed E-state index contributed by atoms with van der Waals surface area (Å²) in [5.74, 6) is -0.961. The van der Waals surface area contributed by atoms with E-state index in [1.54, 1.807) is 11.4 Å². The van der Waals surface area contributed by atoms with Gasteiger partial charge >= 0.3 is 0 Å². The minimum Gasteiger partial charge on any atom is -0.376 e. The summed E-state index contributed by atoms with van der Waals surface area (Å²) < 4.78 is 0. The fourth-order valence-corrected chi connectivity index (χ4v) is 2.85. The van der Waals surface area contributed by atoms with Gasteiger partial charge in [0.2, 0.25) is 5.91 Å². The molecule has 1 aromatic heterocycles. The number of carbonyl (C=O) groups excluding carboxylic acids is 3. The van der Waals surface area contributed by atoms with Crippen LogP contribution in [0.15, 0.2) is 35.0 Å². The van der Waals surface area contributed by atoms with Crippen molar-refractivity contribution in [1.29, 1.82) is 0 Å². The molecule has 0 atom stereocenters. The van der Waals surface area contributed by atoms with Crippen molar-refractivity contribution in [3.8, 4) is 0 Å². The zero-order chi connectivity index (χ0) is 18.9. The van der Waals surface area contributed by atoms with Gasteiger partial charge in [0, 0.05) is 29.6 Å². The van der Waals surface area contributed by atoms with E-state index in [1.807, 2.05) is 37.4 Å². The maximum absolute atomic E-state index is 11.8. The summed E-state index contributed by atoms with van der Waals surface area (Å²) >= 11 is 1.43. The molecule has 0 spiro atoms. The summed E-state index contributed by atoms with van der Waals surface area (Å²) in [5, 5.41) is 9.20. The van der Waals surface area contributed by atoms with Gasteiger partial charge in [0.25, 0.3) is 11.8 Å². The molecule has 26 heavy (non-hydrogen) atoms. The predicted octanol–water partition coefficient (Wildman–Crippen LogP) is 1.74. The van der Waals surface area contributed by atoms with Gasteiger partial charge < -0.3 is 10.6 Å². The Bertz CT molecular complexity index is 775. The summed E-state index contributed by atoms with van der Waals surface area (Å²) in [6.45, 7) is 4.19. The molecule has 138 valence electrons. The van der Waals surface area contributed by atoms with Gasteiger partial charge in [0.15, 0.2) is 0 Å². The largest absolute Gasteiger partial charge is 0.376 e. The zero-order valence-electron chi connectivity index (χ0n) is 14.7. The molecule has 0 fully saturated rings. The number of benzene rings is 1. The van der Waals surface area contributed by atoms with Crippen LogP contribution in [0, 0.1) is 13.8 Å². The molecule has 1 aromatic carbocycles. The van der Waals surface area contributed by atoms with E-state index in [0.717, 1.165) is 16.8 Å². The number of rotatable bonds is 7. The van der Waals surface area contributed by atoms with Crippen LogP contribution < -0.4 is 21.5 Å². The number of hydrazine groups is 1. The first-order valence-electron chi connectivity index (χ1n) is 8.15. The van der Waals surface area contributed by atoms with Crippen molar-refractivity contribution in [1.82, 2.24) is 16.2 Å². The maximum Gasteiger partial charge on any atom is 0.257 e. The maximum atomic E-state index is 11.8. The van der Waals surface area contributed by atoms with Gasteiger partial charge in [-0.15, -0.1) is 0 Å². The minimum atomic E-state index is -0.379. The summed E-state index contributed by atoms with van der Waals surface area (Å²) in [6.07, 6.45) is 0.0701. The summed E-state index contributed by atoms with van der Waals surface area (Å²) in [4.78, 5) is 35.2. The molecule has 0 saturated heterocycles. The molecule has 0 unspecified atom stereocenters. The third kappa shape index (κ3) is 6.21. The van der Waals surface area contributed by atoms with Gasteiger partial charge in [-0.25, -0.2) is 0 Å². The van der Waals surface area contributed by atoms with E-state index in [9.17, 15) is 14.4 Å². The molecular formula is C18H22N4O3S. The van der Waals surface area contributed by atoms with E-state index in [0.29, 0.717) is 5.56 Å². The van der Waals surface area contributed by atoms with Crippen molar-refractivity contribution >= 4 is 34.7 Å². The highest BCUT2D eigenvalue weighted by Crippen LogP contribution is 2.15. The fourth-order valence-electron chi connectivity index (χ4n) is 2.22. The van der Waals surface area contributed by atoms with Crippen molar-refractivity contribution in [2.75, 3.05) is 18.4 Å². The standard InChI is InChI=1S/C18H22N4O3S/c1-12-3-4-15(13(2)9-12)20-10-17(24)22-21-16(23)5-7-19-18(25)14-6-8-26-11-14/h3-4,6,8-9,11,20H,5,7,10H2,1-2H3,(H,19,25)(H,21,23)(H,22,24). The van der Waals surface area contributed by atoms with Crippen LogP contribution in [0.2, 0.25) is 0 Å². The van der Waals surface area contributed by atoms with E-state index in [1.165, 1.54) is 11.3 Å². The number of hydrogen-bond donors (Lipinski definition) is 4. The lowest BCUT2D eigenvalue weighted by Gasteiger charge is -2.11. The van der Waals surface area contributed by atoms with Crippen LogP contribution in [0.5, 0.6) is 0 Å². The van der Waals surface area contributed by atoms with Crippen LogP contribution in [0.1, 0.15) is 27.9 Å². The van der Waals surface area contributed by atoms with E-state index in [-0.39, 0.29) is 37.2 Å². The number of amides is 3. The first-order valence-corrected chi connectivity index (χ1v) is 9.09. The smallest absolute Gasteiger partial charge is 0.257 e. The molecule has 3 amide bonds.